The van der Waals surface area contributed by atoms with E-state index in [1.807, 2.05) is 6.92 Å². The average molecular weight is 234 g/mol. The normalized spacial score (nSPS) is 12.9. The Kier molecular flexibility index (Phi) is 4.05. The molecule has 1 aromatic rings. The molecule has 1 aromatic carbocycles. The van der Waals surface area contributed by atoms with Crippen molar-refractivity contribution in [3.8, 4) is 5.75 Å². The van der Waals surface area contributed by atoms with Gasteiger partial charge in [0.25, 0.3) is 0 Å². The zero-order valence-electron chi connectivity index (χ0n) is 7.93. The molecule has 1 atom stereocenters. The van der Waals surface area contributed by atoms with Gasteiger partial charge in [-0.25, -0.2) is 0 Å². The van der Waals surface area contributed by atoms with Gasteiger partial charge in [-0.3, -0.25) is 0 Å². The van der Waals surface area contributed by atoms with E-state index in [9.17, 15) is 5.11 Å². The van der Waals surface area contributed by atoms with E-state index in [4.69, 9.17) is 28.9 Å². The Balaban J connectivity index is 3.04. The lowest BCUT2D eigenvalue weighted by Gasteiger charge is -2.13. The number of halogens is 2. The highest BCUT2D eigenvalue weighted by molar-refractivity contribution is 6.43. The highest BCUT2D eigenvalue weighted by Gasteiger charge is 2.14. The van der Waals surface area contributed by atoms with Crippen LogP contribution in [0.4, 0.5) is 0 Å². The quantitative estimate of drug-likeness (QED) is 0.840. The van der Waals surface area contributed by atoms with Crippen LogP contribution in [0.25, 0.3) is 0 Å². The Morgan fingerprint density at radius 3 is 2.64 bits per heavy atom. The van der Waals surface area contributed by atoms with Gasteiger partial charge in [-0.2, -0.15) is 0 Å². The van der Waals surface area contributed by atoms with E-state index in [2.05, 4.69) is 0 Å². The molecular weight excluding hydrogens is 221 g/mol. The summed E-state index contributed by atoms with van der Waals surface area (Å²) in [4.78, 5) is 0. The second-order valence-corrected chi connectivity index (χ2v) is 3.98. The van der Waals surface area contributed by atoms with E-state index in [-0.39, 0.29) is 16.8 Å². The molecule has 0 heterocycles. The average Bonchev–Trinajstić information content (AvgIpc) is 2.15. The van der Waals surface area contributed by atoms with Crippen LogP contribution in [0, 0.1) is 0 Å². The van der Waals surface area contributed by atoms with Gasteiger partial charge < -0.3 is 10.8 Å². The van der Waals surface area contributed by atoms with Gasteiger partial charge in [0, 0.05) is 11.6 Å². The van der Waals surface area contributed by atoms with Gasteiger partial charge in [0.05, 0.1) is 5.02 Å². The minimum atomic E-state index is -0.185. The number of hydrogen-bond acceptors (Lipinski definition) is 2. The van der Waals surface area contributed by atoms with Crippen LogP contribution in [0.5, 0.6) is 5.75 Å². The minimum Gasteiger partial charge on any atom is -0.506 e. The van der Waals surface area contributed by atoms with E-state index < -0.39 is 0 Å². The zero-order valence-corrected chi connectivity index (χ0v) is 9.44. The number of hydrogen-bond donors (Lipinski definition) is 2. The monoisotopic (exact) mass is 233 g/mol. The van der Waals surface area contributed by atoms with Crippen molar-refractivity contribution < 1.29 is 5.11 Å². The lowest BCUT2D eigenvalue weighted by atomic mass is 10.0. The lowest BCUT2D eigenvalue weighted by molar-refractivity contribution is 0.458. The van der Waals surface area contributed by atoms with E-state index in [1.54, 1.807) is 12.1 Å². The number of benzene rings is 1. The third kappa shape index (κ3) is 2.32. The zero-order chi connectivity index (χ0) is 10.7. The summed E-state index contributed by atoms with van der Waals surface area (Å²) in [5.74, 6) is 0.000108. The lowest BCUT2D eigenvalue weighted by Crippen LogP contribution is -2.09. The third-order valence-corrected chi connectivity index (χ3v) is 2.89. The molecule has 0 spiro atoms. The molecule has 0 aliphatic heterocycles. The topological polar surface area (TPSA) is 46.2 Å². The summed E-state index contributed by atoms with van der Waals surface area (Å²) in [7, 11) is 0. The predicted molar refractivity (Wildman–Crippen MR) is 60.0 cm³/mol. The first-order valence-corrected chi connectivity index (χ1v) is 5.26. The van der Waals surface area contributed by atoms with E-state index in [0.717, 1.165) is 12.8 Å². The first-order valence-electron chi connectivity index (χ1n) is 4.50. The van der Waals surface area contributed by atoms with Crippen LogP contribution < -0.4 is 5.73 Å². The van der Waals surface area contributed by atoms with Crippen LogP contribution in [-0.2, 0) is 0 Å². The van der Waals surface area contributed by atoms with E-state index in [1.165, 1.54) is 0 Å². The first kappa shape index (κ1) is 11.6. The van der Waals surface area contributed by atoms with Crippen molar-refractivity contribution in [2.45, 2.75) is 25.8 Å². The third-order valence-electron chi connectivity index (χ3n) is 2.10. The SMILES string of the molecule is CCC[C@H](N)c1ccc(Cl)c(Cl)c1O. The fourth-order valence-electron chi connectivity index (χ4n) is 1.32. The number of phenolic OH excluding ortho intramolecular Hbond substituents is 1. The summed E-state index contributed by atoms with van der Waals surface area (Å²) in [6.45, 7) is 2.04. The highest BCUT2D eigenvalue weighted by Crippen LogP contribution is 2.37. The van der Waals surface area contributed by atoms with Crippen LogP contribution >= 0.6 is 23.2 Å². The standard InChI is InChI=1S/C10H13Cl2NO/c1-2-3-8(13)6-4-5-7(11)9(12)10(6)14/h4-5,8,14H,2-3,13H2,1H3/t8-/m0/s1. The van der Waals surface area contributed by atoms with Gasteiger partial charge in [0.2, 0.25) is 0 Å². The minimum absolute atomic E-state index is 0.000108. The first-order chi connectivity index (χ1) is 6.57. The summed E-state index contributed by atoms with van der Waals surface area (Å²) in [6, 6.07) is 3.17. The van der Waals surface area contributed by atoms with Gasteiger partial charge in [-0.05, 0) is 12.5 Å². The Morgan fingerprint density at radius 1 is 1.43 bits per heavy atom. The predicted octanol–water partition coefficient (Wildman–Crippen LogP) is 3.50. The van der Waals surface area contributed by atoms with Crippen LogP contribution in [-0.4, -0.2) is 5.11 Å². The Labute approximate surface area is 93.6 Å². The van der Waals surface area contributed by atoms with E-state index >= 15 is 0 Å². The van der Waals surface area contributed by atoms with Crippen molar-refractivity contribution in [3.05, 3.63) is 27.7 Å². The highest BCUT2D eigenvalue weighted by atomic mass is 35.5. The number of nitrogens with two attached hydrogens (primary N) is 1. The van der Waals surface area contributed by atoms with Crippen molar-refractivity contribution in [1.82, 2.24) is 0 Å². The molecule has 0 unspecified atom stereocenters. The molecule has 0 aliphatic rings. The molecule has 4 heteroatoms. The maximum atomic E-state index is 9.68. The van der Waals surface area contributed by atoms with Crippen molar-refractivity contribution in [1.29, 1.82) is 0 Å². The Hall–Kier alpha value is -0.440. The van der Waals surface area contributed by atoms with Crippen molar-refractivity contribution in [3.63, 3.8) is 0 Å². The second-order valence-electron chi connectivity index (χ2n) is 3.19. The summed E-state index contributed by atoms with van der Waals surface area (Å²) >= 11 is 11.5. The molecule has 0 radical (unpaired) electrons. The fraction of sp³-hybridized carbons (Fsp3) is 0.400. The molecule has 0 aromatic heterocycles. The van der Waals surface area contributed by atoms with Gasteiger partial charge in [0.1, 0.15) is 10.8 Å². The van der Waals surface area contributed by atoms with Gasteiger partial charge in [-0.15, -0.1) is 0 Å². The van der Waals surface area contributed by atoms with Gasteiger partial charge in [-0.1, -0.05) is 42.6 Å². The van der Waals surface area contributed by atoms with Gasteiger partial charge in [0.15, 0.2) is 0 Å². The van der Waals surface area contributed by atoms with Crippen LogP contribution in [0.1, 0.15) is 31.4 Å². The number of phenols is 1. The molecular formula is C10H13Cl2NO. The van der Waals surface area contributed by atoms with Crippen LogP contribution in [0.2, 0.25) is 10.0 Å². The molecule has 78 valence electrons. The molecule has 0 saturated carbocycles. The summed E-state index contributed by atoms with van der Waals surface area (Å²) in [6.07, 6.45) is 1.77. The second kappa shape index (κ2) is 4.87. The van der Waals surface area contributed by atoms with Crippen molar-refractivity contribution in [2.24, 2.45) is 5.73 Å². The Morgan fingerprint density at radius 2 is 2.07 bits per heavy atom. The largest absolute Gasteiger partial charge is 0.506 e. The smallest absolute Gasteiger partial charge is 0.140 e. The molecule has 3 N–H and O–H groups in total. The fourth-order valence-corrected chi connectivity index (χ4v) is 1.65. The van der Waals surface area contributed by atoms with Crippen LogP contribution in [0.15, 0.2) is 12.1 Å². The van der Waals surface area contributed by atoms with Crippen molar-refractivity contribution >= 4 is 23.2 Å². The molecule has 0 aliphatic carbocycles. The summed E-state index contributed by atoms with van der Waals surface area (Å²) < 4.78 is 0. The Bertz CT molecular complexity index is 328. The molecule has 0 amide bonds. The number of rotatable bonds is 3. The summed E-state index contributed by atoms with van der Waals surface area (Å²) in [5, 5.41) is 10.2. The van der Waals surface area contributed by atoms with Crippen LogP contribution in [0.3, 0.4) is 0 Å². The van der Waals surface area contributed by atoms with E-state index in [0.29, 0.717) is 10.6 Å². The molecule has 0 saturated heterocycles. The van der Waals surface area contributed by atoms with Crippen molar-refractivity contribution in [2.75, 3.05) is 0 Å². The molecule has 2 nitrogen and oxygen atoms in total. The summed E-state index contributed by atoms with van der Waals surface area (Å²) in [5.41, 5.74) is 6.52. The molecule has 0 fully saturated rings. The maximum Gasteiger partial charge on any atom is 0.140 e. The number of aromatic hydroxyl groups is 1. The molecule has 14 heavy (non-hydrogen) atoms. The molecule has 0 bridgehead atoms. The molecule has 1 rings (SSSR count). The maximum absolute atomic E-state index is 9.68. The van der Waals surface area contributed by atoms with Gasteiger partial charge >= 0.3 is 0 Å².